The zero-order valence-electron chi connectivity index (χ0n) is 12.6. The molecule has 1 aromatic rings. The fourth-order valence-corrected chi connectivity index (χ4v) is 2.72. The molecule has 1 aliphatic carbocycles. The number of hydrogen-bond acceptors (Lipinski definition) is 2. The number of amides is 1. The highest BCUT2D eigenvalue weighted by Crippen LogP contribution is 2.36. The van der Waals surface area contributed by atoms with Gasteiger partial charge in [0.15, 0.2) is 6.21 Å². The van der Waals surface area contributed by atoms with Crippen molar-refractivity contribution in [1.82, 2.24) is 0 Å². The topological polar surface area (TPSA) is 40.3 Å². The third-order valence-electron chi connectivity index (χ3n) is 4.32. The molecule has 0 spiro atoms. The van der Waals surface area contributed by atoms with Crippen LogP contribution >= 0.6 is 0 Å². The molecule has 1 fully saturated rings. The minimum absolute atomic E-state index is 0.0951. The number of carbonyl (C=O) groups excluding carboxylic acids is 1. The highest BCUT2D eigenvalue weighted by molar-refractivity contribution is 5.91. The molecule has 0 saturated heterocycles. The summed E-state index contributed by atoms with van der Waals surface area (Å²) >= 11 is 0. The molecule has 2 rings (SSSR count). The SMILES string of the molecule is COc1ccccc1C(=O)[NH+]=CC1(C)CCC(C)CC1. The second-order valence-electron chi connectivity index (χ2n) is 6.15. The van der Waals surface area contributed by atoms with Crippen LogP contribution in [0.1, 0.15) is 49.9 Å². The summed E-state index contributed by atoms with van der Waals surface area (Å²) in [5.41, 5.74) is 0.698. The van der Waals surface area contributed by atoms with E-state index >= 15 is 0 Å². The van der Waals surface area contributed by atoms with E-state index in [2.05, 4.69) is 18.8 Å². The molecule has 1 aliphatic rings. The predicted octanol–water partition coefficient (Wildman–Crippen LogP) is 2.20. The normalized spacial score (nSPS) is 26.6. The summed E-state index contributed by atoms with van der Waals surface area (Å²) in [7, 11) is 1.58. The molecular formula is C17H24NO2+. The van der Waals surface area contributed by atoms with E-state index in [1.54, 1.807) is 19.2 Å². The lowest BCUT2D eigenvalue weighted by molar-refractivity contribution is -0.345. The lowest BCUT2D eigenvalue weighted by Crippen LogP contribution is -2.75. The Hall–Kier alpha value is -1.64. The first-order valence-electron chi connectivity index (χ1n) is 7.32. The number of rotatable bonds is 3. The number of nitrogens with one attached hydrogen (secondary N) is 1. The Morgan fingerprint density at radius 3 is 2.65 bits per heavy atom. The largest absolute Gasteiger partial charge is 0.496 e. The van der Waals surface area contributed by atoms with E-state index < -0.39 is 0 Å². The maximum absolute atomic E-state index is 12.3. The van der Waals surface area contributed by atoms with Gasteiger partial charge in [-0.25, -0.2) is 4.79 Å². The molecular weight excluding hydrogens is 250 g/mol. The number of ether oxygens (including phenoxy) is 1. The standard InChI is InChI=1S/C17H23NO2/c1-13-8-10-17(2,11-9-13)12-18-16(19)14-6-4-5-7-15(14)20-3/h4-7,12-13H,8-11H2,1-3H3/p+1. The molecule has 0 heterocycles. The van der Waals surface area contributed by atoms with Gasteiger partial charge in [-0.2, -0.15) is 4.99 Å². The summed E-state index contributed by atoms with van der Waals surface area (Å²) in [4.78, 5) is 15.2. The van der Waals surface area contributed by atoms with Crippen LogP contribution in [0.25, 0.3) is 0 Å². The third kappa shape index (κ3) is 3.47. The van der Waals surface area contributed by atoms with Crippen molar-refractivity contribution in [3.8, 4) is 5.75 Å². The van der Waals surface area contributed by atoms with Crippen molar-refractivity contribution in [2.75, 3.05) is 7.11 Å². The first kappa shape index (κ1) is 14.8. The molecule has 0 bridgehead atoms. The molecule has 0 unspecified atom stereocenters. The van der Waals surface area contributed by atoms with Crippen LogP contribution in [0, 0.1) is 11.3 Å². The van der Waals surface area contributed by atoms with Crippen LogP contribution in [0.2, 0.25) is 0 Å². The quantitative estimate of drug-likeness (QED) is 0.858. The summed E-state index contributed by atoms with van der Waals surface area (Å²) in [6.07, 6.45) is 6.73. The monoisotopic (exact) mass is 274 g/mol. The Balaban J connectivity index is 2.09. The van der Waals surface area contributed by atoms with Gasteiger partial charge in [0.1, 0.15) is 11.3 Å². The molecule has 0 aromatic heterocycles. The lowest BCUT2D eigenvalue weighted by Gasteiger charge is -2.30. The average molecular weight is 274 g/mol. The maximum atomic E-state index is 12.3. The van der Waals surface area contributed by atoms with Crippen molar-refractivity contribution in [3.05, 3.63) is 29.8 Å². The fraction of sp³-hybridized carbons (Fsp3) is 0.529. The fourth-order valence-electron chi connectivity index (χ4n) is 2.72. The van der Waals surface area contributed by atoms with E-state index in [9.17, 15) is 4.79 Å². The summed E-state index contributed by atoms with van der Waals surface area (Å²) in [6, 6.07) is 7.30. The number of carbonyl (C=O) groups is 1. The van der Waals surface area contributed by atoms with Gasteiger partial charge < -0.3 is 4.74 Å². The summed E-state index contributed by atoms with van der Waals surface area (Å²) < 4.78 is 5.22. The highest BCUT2D eigenvalue weighted by Gasteiger charge is 2.31. The third-order valence-corrected chi connectivity index (χ3v) is 4.32. The van der Waals surface area contributed by atoms with Crippen molar-refractivity contribution in [2.45, 2.75) is 39.5 Å². The van der Waals surface area contributed by atoms with Gasteiger partial charge >= 0.3 is 5.91 Å². The van der Waals surface area contributed by atoms with Crippen LogP contribution in [-0.2, 0) is 0 Å². The van der Waals surface area contributed by atoms with E-state index in [0.29, 0.717) is 11.3 Å². The van der Waals surface area contributed by atoms with Gasteiger partial charge in [0.25, 0.3) is 0 Å². The van der Waals surface area contributed by atoms with E-state index in [1.807, 2.05) is 18.3 Å². The van der Waals surface area contributed by atoms with Gasteiger partial charge in [0.2, 0.25) is 0 Å². The zero-order valence-corrected chi connectivity index (χ0v) is 12.6. The van der Waals surface area contributed by atoms with Gasteiger partial charge in [0.05, 0.1) is 7.11 Å². The van der Waals surface area contributed by atoms with Gasteiger partial charge in [-0.15, -0.1) is 0 Å². The van der Waals surface area contributed by atoms with Crippen molar-refractivity contribution in [3.63, 3.8) is 0 Å². The van der Waals surface area contributed by atoms with Crippen LogP contribution in [0.4, 0.5) is 0 Å². The van der Waals surface area contributed by atoms with Crippen molar-refractivity contribution < 1.29 is 14.5 Å². The summed E-state index contributed by atoms with van der Waals surface area (Å²) in [5.74, 6) is 1.32. The Kier molecular flexibility index (Phi) is 4.58. The number of benzene rings is 1. The van der Waals surface area contributed by atoms with Crippen molar-refractivity contribution in [2.24, 2.45) is 11.3 Å². The van der Waals surface area contributed by atoms with Crippen LogP contribution in [0.5, 0.6) is 5.75 Å². The summed E-state index contributed by atoms with van der Waals surface area (Å²) in [5, 5.41) is 0. The molecule has 0 aliphatic heterocycles. The minimum Gasteiger partial charge on any atom is -0.496 e. The lowest BCUT2D eigenvalue weighted by atomic mass is 9.73. The molecule has 108 valence electrons. The molecule has 20 heavy (non-hydrogen) atoms. The van der Waals surface area contributed by atoms with Gasteiger partial charge in [0, 0.05) is 5.41 Å². The smallest absolute Gasteiger partial charge is 0.421 e. The van der Waals surface area contributed by atoms with Crippen molar-refractivity contribution >= 4 is 12.1 Å². The van der Waals surface area contributed by atoms with Crippen LogP contribution in [0.3, 0.4) is 0 Å². The number of methoxy groups -OCH3 is 1. The molecule has 3 nitrogen and oxygen atoms in total. The Labute approximate surface area is 121 Å². The Morgan fingerprint density at radius 1 is 1.35 bits per heavy atom. The molecule has 0 atom stereocenters. The van der Waals surface area contributed by atoms with Crippen LogP contribution in [-0.4, -0.2) is 19.2 Å². The zero-order chi connectivity index (χ0) is 14.6. The molecule has 1 amide bonds. The molecule has 3 heteroatoms. The maximum Gasteiger partial charge on any atom is 0.421 e. The Bertz CT molecular complexity index is 499. The van der Waals surface area contributed by atoms with Gasteiger partial charge in [-0.05, 0) is 43.7 Å². The molecule has 1 aromatic carbocycles. The van der Waals surface area contributed by atoms with E-state index in [1.165, 1.54) is 12.8 Å². The second kappa shape index (κ2) is 6.21. The van der Waals surface area contributed by atoms with Gasteiger partial charge in [-0.1, -0.05) is 26.0 Å². The second-order valence-corrected chi connectivity index (χ2v) is 6.15. The average Bonchev–Trinajstić information content (AvgIpc) is 2.48. The van der Waals surface area contributed by atoms with Crippen LogP contribution in [0.15, 0.2) is 24.3 Å². The first-order chi connectivity index (χ1) is 9.54. The summed E-state index contributed by atoms with van der Waals surface area (Å²) in [6.45, 7) is 4.52. The number of para-hydroxylation sites is 1. The minimum atomic E-state index is -0.0951. The molecule has 0 radical (unpaired) electrons. The predicted molar refractivity (Wildman–Crippen MR) is 80.1 cm³/mol. The molecule has 1 N–H and O–H groups in total. The van der Waals surface area contributed by atoms with Crippen molar-refractivity contribution in [1.29, 1.82) is 0 Å². The number of hydrogen-bond donors (Lipinski definition) is 1. The van der Waals surface area contributed by atoms with Gasteiger partial charge in [-0.3, -0.25) is 0 Å². The Morgan fingerprint density at radius 2 is 2.00 bits per heavy atom. The first-order valence-corrected chi connectivity index (χ1v) is 7.32. The molecule has 1 saturated carbocycles. The highest BCUT2D eigenvalue weighted by atomic mass is 16.5. The van der Waals surface area contributed by atoms with E-state index in [0.717, 1.165) is 18.8 Å². The van der Waals surface area contributed by atoms with Crippen LogP contribution < -0.4 is 9.73 Å². The van der Waals surface area contributed by atoms with E-state index in [-0.39, 0.29) is 11.3 Å². The van der Waals surface area contributed by atoms with E-state index in [4.69, 9.17) is 4.74 Å².